The predicted molar refractivity (Wildman–Crippen MR) is 96.3 cm³/mol. The molecular weight excluding hydrogens is 380 g/mol. The Bertz CT molecular complexity index is 1040. The first-order chi connectivity index (χ1) is 14.2. The van der Waals surface area contributed by atoms with Gasteiger partial charge in [0.05, 0.1) is 6.54 Å². The first kappa shape index (κ1) is 17.5. The van der Waals surface area contributed by atoms with Crippen LogP contribution in [0.25, 0.3) is 11.5 Å². The van der Waals surface area contributed by atoms with Crippen molar-refractivity contribution in [2.24, 2.45) is 0 Å². The molecule has 10 heteroatoms. The standard InChI is InChI=1S/C19H18N4O6/c1-10(27-12-4-5-14-16(6-12)26-9-25-14)19(24)20-8-17-21-18(23-29-17)13-7-15(28-22-13)11-2-3-11/h4-7,10-11H,2-3,8-9H2,1H3,(H,20,24)/t10-/m0/s1. The molecule has 5 rings (SSSR count). The lowest BCUT2D eigenvalue weighted by Crippen LogP contribution is -2.35. The molecule has 1 N–H and O–H groups in total. The Morgan fingerprint density at radius 3 is 2.93 bits per heavy atom. The van der Waals surface area contributed by atoms with Crippen molar-refractivity contribution in [1.82, 2.24) is 20.6 Å². The van der Waals surface area contributed by atoms with Gasteiger partial charge < -0.3 is 28.6 Å². The number of ether oxygens (including phenoxy) is 3. The second kappa shape index (κ2) is 7.12. The minimum atomic E-state index is -0.727. The van der Waals surface area contributed by atoms with Crippen LogP contribution >= 0.6 is 0 Å². The minimum Gasteiger partial charge on any atom is -0.481 e. The number of hydrogen-bond donors (Lipinski definition) is 1. The molecule has 0 bridgehead atoms. The molecule has 1 aromatic carbocycles. The summed E-state index contributed by atoms with van der Waals surface area (Å²) in [7, 11) is 0. The Labute approximate surface area is 165 Å². The molecule has 1 aliphatic heterocycles. The summed E-state index contributed by atoms with van der Waals surface area (Å²) < 4.78 is 26.7. The van der Waals surface area contributed by atoms with Crippen LogP contribution in [-0.2, 0) is 11.3 Å². The molecule has 0 unspecified atom stereocenters. The number of aromatic nitrogens is 3. The van der Waals surface area contributed by atoms with Gasteiger partial charge in [-0.3, -0.25) is 4.79 Å². The Morgan fingerprint density at radius 2 is 2.07 bits per heavy atom. The highest BCUT2D eigenvalue weighted by Gasteiger charge is 2.29. The SMILES string of the molecule is C[C@H](Oc1ccc2c(c1)OCO2)C(=O)NCc1nc(-c2cc(C3CC3)on2)no1. The minimum absolute atomic E-state index is 0.0774. The van der Waals surface area contributed by atoms with Crippen LogP contribution in [0.3, 0.4) is 0 Å². The maximum absolute atomic E-state index is 12.3. The fourth-order valence-electron chi connectivity index (χ4n) is 2.90. The third kappa shape index (κ3) is 3.73. The molecule has 1 saturated carbocycles. The van der Waals surface area contributed by atoms with Gasteiger partial charge in [0.1, 0.15) is 11.5 Å². The lowest BCUT2D eigenvalue weighted by atomic mass is 10.3. The van der Waals surface area contributed by atoms with Crippen molar-refractivity contribution >= 4 is 5.91 Å². The van der Waals surface area contributed by atoms with Gasteiger partial charge in [0.25, 0.3) is 5.91 Å². The number of fused-ring (bicyclic) bond motifs is 1. The zero-order valence-corrected chi connectivity index (χ0v) is 15.6. The van der Waals surface area contributed by atoms with Crippen LogP contribution in [0.5, 0.6) is 17.2 Å². The van der Waals surface area contributed by atoms with Crippen LogP contribution in [0, 0.1) is 0 Å². The van der Waals surface area contributed by atoms with Crippen LogP contribution in [0.4, 0.5) is 0 Å². The van der Waals surface area contributed by atoms with E-state index in [9.17, 15) is 4.79 Å². The number of carbonyl (C=O) groups is 1. The summed E-state index contributed by atoms with van der Waals surface area (Å²) >= 11 is 0. The number of rotatable bonds is 7. The van der Waals surface area contributed by atoms with E-state index >= 15 is 0 Å². The zero-order valence-electron chi connectivity index (χ0n) is 15.6. The Kier molecular flexibility index (Phi) is 4.30. The predicted octanol–water partition coefficient (Wildman–Crippen LogP) is 2.41. The zero-order chi connectivity index (χ0) is 19.8. The summed E-state index contributed by atoms with van der Waals surface area (Å²) in [4.78, 5) is 16.5. The van der Waals surface area contributed by atoms with Gasteiger partial charge in [-0.2, -0.15) is 4.98 Å². The molecule has 3 aromatic rings. The van der Waals surface area contributed by atoms with E-state index in [1.165, 1.54) is 0 Å². The Hall–Kier alpha value is -3.56. The summed E-state index contributed by atoms with van der Waals surface area (Å²) in [6.45, 7) is 1.90. The summed E-state index contributed by atoms with van der Waals surface area (Å²) in [6, 6.07) is 6.96. The van der Waals surface area contributed by atoms with E-state index in [0.29, 0.717) is 34.7 Å². The highest BCUT2D eigenvalue weighted by molar-refractivity contribution is 5.80. The topological polar surface area (TPSA) is 122 Å². The van der Waals surface area contributed by atoms with E-state index in [2.05, 4.69) is 20.6 Å². The normalized spacial score (nSPS) is 15.9. The molecule has 0 saturated heterocycles. The monoisotopic (exact) mass is 398 g/mol. The summed E-state index contributed by atoms with van der Waals surface area (Å²) in [5.74, 6) is 3.31. The van der Waals surface area contributed by atoms with Crippen molar-refractivity contribution in [1.29, 1.82) is 0 Å². The average molecular weight is 398 g/mol. The molecule has 0 spiro atoms. The van der Waals surface area contributed by atoms with Gasteiger partial charge in [-0.1, -0.05) is 10.3 Å². The fraction of sp³-hybridized carbons (Fsp3) is 0.368. The molecule has 2 aromatic heterocycles. The van der Waals surface area contributed by atoms with Gasteiger partial charge >= 0.3 is 0 Å². The van der Waals surface area contributed by atoms with Crippen LogP contribution in [0.15, 0.2) is 33.3 Å². The van der Waals surface area contributed by atoms with E-state index in [-0.39, 0.29) is 25.1 Å². The fourth-order valence-corrected chi connectivity index (χ4v) is 2.90. The molecule has 29 heavy (non-hydrogen) atoms. The van der Waals surface area contributed by atoms with Crippen molar-refractivity contribution in [2.45, 2.75) is 38.3 Å². The third-order valence-electron chi connectivity index (χ3n) is 4.65. The van der Waals surface area contributed by atoms with Gasteiger partial charge in [-0.15, -0.1) is 0 Å². The number of hydrogen-bond acceptors (Lipinski definition) is 9. The lowest BCUT2D eigenvalue weighted by Gasteiger charge is -2.14. The first-order valence-corrected chi connectivity index (χ1v) is 9.29. The van der Waals surface area contributed by atoms with Crippen molar-refractivity contribution in [3.05, 3.63) is 35.9 Å². The summed E-state index contributed by atoms with van der Waals surface area (Å²) in [5.41, 5.74) is 0.521. The molecule has 1 atom stereocenters. The molecule has 1 fully saturated rings. The Balaban J connectivity index is 1.15. The Morgan fingerprint density at radius 1 is 1.21 bits per heavy atom. The molecule has 3 heterocycles. The van der Waals surface area contributed by atoms with Crippen molar-refractivity contribution in [2.75, 3.05) is 6.79 Å². The van der Waals surface area contributed by atoms with Gasteiger partial charge in [0.15, 0.2) is 23.3 Å². The maximum Gasteiger partial charge on any atom is 0.261 e. The average Bonchev–Trinajstić information content (AvgIpc) is 3.14. The maximum atomic E-state index is 12.3. The van der Waals surface area contributed by atoms with Crippen LogP contribution in [0.2, 0.25) is 0 Å². The highest BCUT2D eigenvalue weighted by Crippen LogP contribution is 2.41. The van der Waals surface area contributed by atoms with Gasteiger partial charge in [-0.25, -0.2) is 0 Å². The van der Waals surface area contributed by atoms with Gasteiger partial charge in [-0.05, 0) is 31.9 Å². The summed E-state index contributed by atoms with van der Waals surface area (Å²) in [6.07, 6.45) is 1.50. The molecule has 1 amide bonds. The van der Waals surface area contributed by atoms with E-state index in [1.54, 1.807) is 25.1 Å². The number of carbonyl (C=O) groups excluding carboxylic acids is 1. The van der Waals surface area contributed by atoms with E-state index in [1.807, 2.05) is 6.07 Å². The molecule has 0 radical (unpaired) electrons. The number of nitrogens with zero attached hydrogens (tertiary/aromatic N) is 3. The molecule has 10 nitrogen and oxygen atoms in total. The van der Waals surface area contributed by atoms with E-state index in [4.69, 9.17) is 23.3 Å². The molecule has 150 valence electrons. The van der Waals surface area contributed by atoms with Crippen LogP contribution in [0.1, 0.15) is 37.3 Å². The lowest BCUT2D eigenvalue weighted by molar-refractivity contribution is -0.127. The van der Waals surface area contributed by atoms with Gasteiger partial charge in [0, 0.05) is 18.1 Å². The second-order valence-electron chi connectivity index (χ2n) is 6.89. The summed E-state index contributed by atoms with van der Waals surface area (Å²) in [5, 5.41) is 10.6. The quantitative estimate of drug-likeness (QED) is 0.639. The molecular formula is C19H18N4O6. The highest BCUT2D eigenvalue weighted by atomic mass is 16.7. The number of nitrogens with one attached hydrogen (secondary N) is 1. The number of amides is 1. The first-order valence-electron chi connectivity index (χ1n) is 9.29. The molecule has 1 aliphatic carbocycles. The van der Waals surface area contributed by atoms with Crippen LogP contribution in [-0.4, -0.2) is 34.1 Å². The van der Waals surface area contributed by atoms with E-state index in [0.717, 1.165) is 18.6 Å². The smallest absolute Gasteiger partial charge is 0.261 e. The van der Waals surface area contributed by atoms with Crippen molar-refractivity contribution in [3.8, 4) is 28.8 Å². The van der Waals surface area contributed by atoms with E-state index < -0.39 is 6.10 Å². The van der Waals surface area contributed by atoms with Crippen LogP contribution < -0.4 is 19.5 Å². The van der Waals surface area contributed by atoms with Gasteiger partial charge in [0.2, 0.25) is 18.5 Å². The largest absolute Gasteiger partial charge is 0.481 e. The molecule has 2 aliphatic rings. The third-order valence-corrected chi connectivity index (χ3v) is 4.65. The van der Waals surface area contributed by atoms with Crippen molar-refractivity contribution < 1.29 is 28.1 Å². The second-order valence-corrected chi connectivity index (χ2v) is 6.89. The number of benzene rings is 1. The van der Waals surface area contributed by atoms with Crippen molar-refractivity contribution in [3.63, 3.8) is 0 Å².